The van der Waals surface area contributed by atoms with Gasteiger partial charge in [-0.3, -0.25) is 0 Å². The fraction of sp³-hybridized carbons (Fsp3) is 0.0625. The van der Waals surface area contributed by atoms with Crippen LogP contribution >= 0.6 is 34.5 Å². The lowest BCUT2D eigenvalue weighted by Gasteiger charge is -2.05. The number of aromatic nitrogens is 1. The molecule has 0 atom stereocenters. The normalized spacial score (nSPS) is 10.6. The van der Waals surface area contributed by atoms with Gasteiger partial charge >= 0.3 is 0 Å². The second-order valence-corrected chi connectivity index (χ2v) is 6.34. The number of hydrogen-bond donors (Lipinski definition) is 0. The molecule has 0 saturated heterocycles. The van der Waals surface area contributed by atoms with Crippen molar-refractivity contribution in [2.24, 2.45) is 0 Å². The SMILES string of the molecule is COc1ccc(-c2nc(Cl)sc2-c2ccccc2Cl)cc1. The lowest BCUT2D eigenvalue weighted by Crippen LogP contribution is -1.85. The first-order chi connectivity index (χ1) is 10.2. The molecule has 5 heteroatoms. The van der Waals surface area contributed by atoms with Crippen LogP contribution < -0.4 is 4.74 Å². The second kappa shape index (κ2) is 6.06. The highest BCUT2D eigenvalue weighted by atomic mass is 35.5. The molecular weight excluding hydrogens is 325 g/mol. The largest absolute Gasteiger partial charge is 0.497 e. The number of halogens is 2. The monoisotopic (exact) mass is 335 g/mol. The summed E-state index contributed by atoms with van der Waals surface area (Å²) in [7, 11) is 1.64. The predicted molar refractivity (Wildman–Crippen MR) is 89.6 cm³/mol. The van der Waals surface area contributed by atoms with Crippen LogP contribution in [-0.4, -0.2) is 12.1 Å². The first kappa shape index (κ1) is 14.4. The Hall–Kier alpha value is -1.55. The molecule has 0 spiro atoms. The summed E-state index contributed by atoms with van der Waals surface area (Å²) in [5, 5.41) is 0.688. The van der Waals surface area contributed by atoms with Gasteiger partial charge in [0.25, 0.3) is 0 Å². The number of ether oxygens (including phenoxy) is 1. The van der Waals surface area contributed by atoms with Gasteiger partial charge in [-0.05, 0) is 30.3 Å². The van der Waals surface area contributed by atoms with Gasteiger partial charge in [0.1, 0.15) is 5.75 Å². The van der Waals surface area contributed by atoms with E-state index in [9.17, 15) is 0 Å². The van der Waals surface area contributed by atoms with E-state index < -0.39 is 0 Å². The molecule has 0 unspecified atom stereocenters. The van der Waals surface area contributed by atoms with Gasteiger partial charge in [-0.2, -0.15) is 0 Å². The molecule has 3 rings (SSSR count). The quantitative estimate of drug-likeness (QED) is 0.604. The maximum Gasteiger partial charge on any atom is 0.184 e. The van der Waals surface area contributed by atoms with Crippen molar-refractivity contribution < 1.29 is 4.74 Å². The minimum Gasteiger partial charge on any atom is -0.497 e. The Labute approximate surface area is 136 Å². The Kier molecular flexibility index (Phi) is 4.15. The van der Waals surface area contributed by atoms with Crippen LogP contribution in [0.3, 0.4) is 0 Å². The zero-order chi connectivity index (χ0) is 14.8. The summed E-state index contributed by atoms with van der Waals surface area (Å²) in [6.07, 6.45) is 0. The molecule has 0 aliphatic rings. The van der Waals surface area contributed by atoms with E-state index in [0.29, 0.717) is 9.49 Å². The van der Waals surface area contributed by atoms with E-state index >= 15 is 0 Å². The molecule has 1 heterocycles. The third kappa shape index (κ3) is 2.91. The molecule has 0 fully saturated rings. The number of nitrogens with zero attached hydrogens (tertiary/aromatic N) is 1. The first-order valence-electron chi connectivity index (χ1n) is 6.24. The standard InChI is InChI=1S/C16H11Cl2NOS/c1-20-11-8-6-10(7-9-11)14-15(21-16(18)19-14)12-4-2-3-5-13(12)17/h2-9H,1H3. The maximum atomic E-state index is 6.29. The zero-order valence-electron chi connectivity index (χ0n) is 11.1. The minimum absolute atomic E-state index is 0.496. The molecule has 0 N–H and O–H groups in total. The molecule has 21 heavy (non-hydrogen) atoms. The smallest absolute Gasteiger partial charge is 0.184 e. The van der Waals surface area contributed by atoms with E-state index in [1.165, 1.54) is 11.3 Å². The van der Waals surface area contributed by atoms with E-state index in [2.05, 4.69) is 4.98 Å². The molecule has 0 radical (unpaired) electrons. The summed E-state index contributed by atoms with van der Waals surface area (Å²) in [5.41, 5.74) is 2.75. The van der Waals surface area contributed by atoms with Gasteiger partial charge in [-0.15, -0.1) is 11.3 Å². The molecule has 0 aliphatic carbocycles. The van der Waals surface area contributed by atoms with Crippen molar-refractivity contribution in [1.29, 1.82) is 0 Å². The minimum atomic E-state index is 0.496. The lowest BCUT2D eigenvalue weighted by molar-refractivity contribution is 0.415. The van der Waals surface area contributed by atoms with Gasteiger partial charge in [0, 0.05) is 16.1 Å². The van der Waals surface area contributed by atoms with Crippen LogP contribution in [0, 0.1) is 0 Å². The summed E-state index contributed by atoms with van der Waals surface area (Å²) in [5.74, 6) is 0.805. The van der Waals surface area contributed by atoms with Crippen molar-refractivity contribution >= 4 is 34.5 Å². The Bertz CT molecular complexity index is 768. The van der Waals surface area contributed by atoms with Crippen molar-refractivity contribution in [2.75, 3.05) is 7.11 Å². The van der Waals surface area contributed by atoms with Crippen LogP contribution in [-0.2, 0) is 0 Å². The second-order valence-electron chi connectivity index (χ2n) is 4.35. The van der Waals surface area contributed by atoms with E-state index in [0.717, 1.165) is 27.4 Å². The van der Waals surface area contributed by atoms with Crippen molar-refractivity contribution in [2.45, 2.75) is 0 Å². The number of thiazole rings is 1. The van der Waals surface area contributed by atoms with Crippen LogP contribution in [0.2, 0.25) is 9.49 Å². The maximum absolute atomic E-state index is 6.29. The molecule has 1 aromatic heterocycles. The van der Waals surface area contributed by atoms with Crippen LogP contribution in [0.1, 0.15) is 0 Å². The van der Waals surface area contributed by atoms with Crippen LogP contribution in [0.5, 0.6) is 5.75 Å². The molecular formula is C16H11Cl2NOS. The van der Waals surface area contributed by atoms with E-state index in [-0.39, 0.29) is 0 Å². The molecule has 0 saturated carbocycles. The third-order valence-corrected chi connectivity index (χ3v) is 4.61. The van der Waals surface area contributed by atoms with E-state index in [1.54, 1.807) is 7.11 Å². The molecule has 0 bridgehead atoms. The summed E-state index contributed by atoms with van der Waals surface area (Å²) in [6, 6.07) is 15.4. The van der Waals surface area contributed by atoms with Gasteiger partial charge in [-0.1, -0.05) is 41.4 Å². The van der Waals surface area contributed by atoms with E-state index in [1.807, 2.05) is 48.5 Å². The molecule has 2 nitrogen and oxygen atoms in total. The molecule has 0 aliphatic heterocycles. The van der Waals surface area contributed by atoms with Gasteiger partial charge in [0.05, 0.1) is 17.7 Å². The van der Waals surface area contributed by atoms with Crippen molar-refractivity contribution in [1.82, 2.24) is 4.98 Å². The molecule has 2 aromatic carbocycles. The van der Waals surface area contributed by atoms with Crippen LogP contribution in [0.4, 0.5) is 0 Å². The van der Waals surface area contributed by atoms with Crippen molar-refractivity contribution in [3.05, 3.63) is 58.0 Å². The molecule has 106 valence electrons. The Morgan fingerprint density at radius 2 is 1.71 bits per heavy atom. The number of methoxy groups -OCH3 is 1. The van der Waals surface area contributed by atoms with Crippen molar-refractivity contribution in [3.8, 4) is 27.4 Å². The third-order valence-electron chi connectivity index (χ3n) is 3.08. The highest BCUT2D eigenvalue weighted by Gasteiger charge is 2.16. The van der Waals surface area contributed by atoms with Crippen LogP contribution in [0.15, 0.2) is 48.5 Å². The first-order valence-corrected chi connectivity index (χ1v) is 7.82. The summed E-state index contributed by atoms with van der Waals surface area (Å²) in [6.45, 7) is 0. The van der Waals surface area contributed by atoms with Gasteiger partial charge in [0.2, 0.25) is 0 Å². The van der Waals surface area contributed by atoms with Crippen molar-refractivity contribution in [3.63, 3.8) is 0 Å². The van der Waals surface area contributed by atoms with Gasteiger partial charge < -0.3 is 4.74 Å². The summed E-state index contributed by atoms with van der Waals surface area (Å²) >= 11 is 13.8. The highest BCUT2D eigenvalue weighted by Crippen LogP contribution is 2.41. The van der Waals surface area contributed by atoms with Crippen LogP contribution in [0.25, 0.3) is 21.7 Å². The highest BCUT2D eigenvalue weighted by molar-refractivity contribution is 7.19. The molecule has 3 aromatic rings. The Morgan fingerprint density at radius 1 is 1.00 bits per heavy atom. The predicted octanol–water partition coefficient (Wildman–Crippen LogP) is 5.79. The fourth-order valence-electron chi connectivity index (χ4n) is 2.07. The van der Waals surface area contributed by atoms with Gasteiger partial charge in [0.15, 0.2) is 4.47 Å². The zero-order valence-corrected chi connectivity index (χ0v) is 13.5. The number of benzene rings is 2. The van der Waals surface area contributed by atoms with Gasteiger partial charge in [-0.25, -0.2) is 4.98 Å². The lowest BCUT2D eigenvalue weighted by atomic mass is 10.1. The Balaban J connectivity index is 2.13. The average Bonchev–Trinajstić information content (AvgIpc) is 2.89. The topological polar surface area (TPSA) is 22.1 Å². The molecule has 0 amide bonds. The summed E-state index contributed by atoms with van der Waals surface area (Å²) < 4.78 is 5.68. The summed E-state index contributed by atoms with van der Waals surface area (Å²) in [4.78, 5) is 5.41. The average molecular weight is 336 g/mol. The Morgan fingerprint density at radius 3 is 2.38 bits per heavy atom. The number of rotatable bonds is 3. The fourth-order valence-corrected chi connectivity index (χ4v) is 3.52. The number of hydrogen-bond acceptors (Lipinski definition) is 3. The van der Waals surface area contributed by atoms with E-state index in [4.69, 9.17) is 27.9 Å².